The Balaban J connectivity index is 2.69. The lowest BCUT2D eigenvalue weighted by Crippen LogP contribution is -2.12. The normalized spacial score (nSPS) is 10.4. The fraction of sp³-hybridized carbons (Fsp3) is 0.263. The number of methoxy groups -OCH3 is 1. The largest absolute Gasteiger partial charge is 0.506 e. The second-order valence-electron chi connectivity index (χ2n) is 5.76. The van der Waals surface area contributed by atoms with Crippen LogP contribution in [0.5, 0.6) is 5.75 Å². The van der Waals surface area contributed by atoms with Gasteiger partial charge in [-0.1, -0.05) is 17.7 Å². The number of hydrogen-bond donors (Lipinski definition) is 2. The third-order valence-corrected chi connectivity index (χ3v) is 4.10. The SMILES string of the molecule is COC(=O)c1c(C)c(C)c(Nc2ccc(C)cc2)c(C(C)=O)c1O. The molecule has 0 fully saturated rings. The van der Waals surface area contributed by atoms with Crippen LogP contribution in [0, 0.1) is 20.8 Å². The van der Waals surface area contributed by atoms with Gasteiger partial charge in [0, 0.05) is 5.69 Å². The molecule has 2 rings (SSSR count). The van der Waals surface area contributed by atoms with Crippen LogP contribution in [0.4, 0.5) is 11.4 Å². The number of Topliss-reactive ketones (excluding diaryl/α,β-unsaturated/α-hetero) is 1. The highest BCUT2D eigenvalue weighted by Crippen LogP contribution is 2.38. The van der Waals surface area contributed by atoms with Crippen LogP contribution in [0.25, 0.3) is 0 Å². The first kappa shape index (κ1) is 17.5. The van der Waals surface area contributed by atoms with Gasteiger partial charge in [0.15, 0.2) is 5.78 Å². The van der Waals surface area contributed by atoms with Gasteiger partial charge in [-0.25, -0.2) is 4.79 Å². The maximum absolute atomic E-state index is 12.1. The van der Waals surface area contributed by atoms with Crippen molar-refractivity contribution in [2.24, 2.45) is 0 Å². The van der Waals surface area contributed by atoms with E-state index in [1.807, 2.05) is 31.2 Å². The zero-order chi connectivity index (χ0) is 18.0. The zero-order valence-electron chi connectivity index (χ0n) is 14.5. The van der Waals surface area contributed by atoms with Gasteiger partial charge in [0.25, 0.3) is 0 Å². The van der Waals surface area contributed by atoms with Crippen molar-refractivity contribution in [2.75, 3.05) is 12.4 Å². The summed E-state index contributed by atoms with van der Waals surface area (Å²) in [5, 5.41) is 13.7. The first-order valence-corrected chi connectivity index (χ1v) is 7.57. The fourth-order valence-electron chi connectivity index (χ4n) is 2.62. The minimum atomic E-state index is -0.669. The lowest BCUT2D eigenvalue weighted by molar-refractivity contribution is 0.0596. The Kier molecular flexibility index (Phi) is 4.93. The summed E-state index contributed by atoms with van der Waals surface area (Å²) in [4.78, 5) is 24.1. The van der Waals surface area contributed by atoms with E-state index in [2.05, 4.69) is 5.32 Å². The van der Waals surface area contributed by atoms with Crippen molar-refractivity contribution in [1.82, 2.24) is 0 Å². The molecule has 126 valence electrons. The van der Waals surface area contributed by atoms with Gasteiger partial charge in [0.1, 0.15) is 11.3 Å². The maximum atomic E-state index is 12.1. The lowest BCUT2D eigenvalue weighted by Gasteiger charge is -2.20. The summed E-state index contributed by atoms with van der Waals surface area (Å²) in [6.45, 7) is 6.85. The molecule has 0 saturated heterocycles. The lowest BCUT2D eigenvalue weighted by atomic mass is 9.93. The predicted octanol–water partition coefficient (Wildman–Crippen LogP) is 4.05. The maximum Gasteiger partial charge on any atom is 0.341 e. The van der Waals surface area contributed by atoms with Crippen LogP contribution in [0.3, 0.4) is 0 Å². The Morgan fingerprint density at radius 2 is 1.58 bits per heavy atom. The number of hydrogen-bond acceptors (Lipinski definition) is 5. The smallest absolute Gasteiger partial charge is 0.341 e. The number of aromatic hydroxyl groups is 1. The fourth-order valence-corrected chi connectivity index (χ4v) is 2.62. The van der Waals surface area contributed by atoms with Gasteiger partial charge in [-0.3, -0.25) is 4.79 Å². The van der Waals surface area contributed by atoms with Crippen LogP contribution in [0.2, 0.25) is 0 Å². The topological polar surface area (TPSA) is 75.6 Å². The van der Waals surface area contributed by atoms with E-state index in [-0.39, 0.29) is 22.7 Å². The minimum Gasteiger partial charge on any atom is -0.506 e. The molecule has 2 N–H and O–H groups in total. The van der Waals surface area contributed by atoms with Crippen LogP contribution in [0.15, 0.2) is 24.3 Å². The first-order chi connectivity index (χ1) is 11.3. The van der Waals surface area contributed by atoms with Gasteiger partial charge in [0.05, 0.1) is 18.4 Å². The molecule has 24 heavy (non-hydrogen) atoms. The number of nitrogens with one attached hydrogen (secondary N) is 1. The molecule has 5 nitrogen and oxygen atoms in total. The second-order valence-corrected chi connectivity index (χ2v) is 5.76. The number of benzene rings is 2. The molecule has 0 radical (unpaired) electrons. The van der Waals surface area contributed by atoms with E-state index in [0.717, 1.165) is 11.3 Å². The van der Waals surface area contributed by atoms with Crippen LogP contribution in [0.1, 0.15) is 44.3 Å². The number of aryl methyl sites for hydroxylation is 1. The minimum absolute atomic E-state index is 0.0228. The van der Waals surface area contributed by atoms with E-state index in [1.54, 1.807) is 13.8 Å². The third kappa shape index (κ3) is 3.11. The molecule has 2 aromatic carbocycles. The predicted molar refractivity (Wildman–Crippen MR) is 93.4 cm³/mol. The Hall–Kier alpha value is -2.82. The van der Waals surface area contributed by atoms with E-state index >= 15 is 0 Å². The third-order valence-electron chi connectivity index (χ3n) is 4.10. The summed E-state index contributed by atoms with van der Waals surface area (Å²) >= 11 is 0. The molecular formula is C19H21NO4. The van der Waals surface area contributed by atoms with Gasteiger partial charge in [-0.05, 0) is 51.0 Å². The van der Waals surface area contributed by atoms with Crippen molar-refractivity contribution in [1.29, 1.82) is 0 Å². The molecule has 0 spiro atoms. The first-order valence-electron chi connectivity index (χ1n) is 7.57. The van der Waals surface area contributed by atoms with Crippen molar-refractivity contribution < 1.29 is 19.4 Å². The molecule has 0 amide bonds. The van der Waals surface area contributed by atoms with Gasteiger partial charge in [-0.15, -0.1) is 0 Å². The highest BCUT2D eigenvalue weighted by Gasteiger charge is 2.26. The standard InChI is InChI=1S/C19H21NO4/c1-10-6-8-14(9-7-10)20-17-12(3)11(2)15(19(23)24-5)18(22)16(17)13(4)21/h6-9,20,22H,1-5H3. The zero-order valence-corrected chi connectivity index (χ0v) is 14.5. The number of ether oxygens (including phenoxy) is 1. The van der Waals surface area contributed by atoms with Crippen molar-refractivity contribution >= 4 is 23.1 Å². The summed E-state index contributed by atoms with van der Waals surface area (Å²) < 4.78 is 4.73. The molecule has 0 saturated carbocycles. The molecule has 2 aromatic rings. The molecule has 0 aliphatic carbocycles. The summed E-state index contributed by atoms with van der Waals surface area (Å²) in [7, 11) is 1.24. The summed E-state index contributed by atoms with van der Waals surface area (Å²) in [5.74, 6) is -1.36. The van der Waals surface area contributed by atoms with Gasteiger partial charge < -0.3 is 15.2 Å². The number of ketones is 1. The number of rotatable bonds is 4. The van der Waals surface area contributed by atoms with E-state index in [9.17, 15) is 14.7 Å². The van der Waals surface area contributed by atoms with Crippen LogP contribution < -0.4 is 5.32 Å². The van der Waals surface area contributed by atoms with Crippen LogP contribution in [-0.2, 0) is 4.74 Å². The molecular weight excluding hydrogens is 306 g/mol. The van der Waals surface area contributed by atoms with Gasteiger partial charge in [-0.2, -0.15) is 0 Å². The molecule has 0 aromatic heterocycles. The Morgan fingerprint density at radius 3 is 2.08 bits per heavy atom. The Bertz CT molecular complexity index is 807. The van der Waals surface area contributed by atoms with E-state index in [0.29, 0.717) is 16.8 Å². The summed E-state index contributed by atoms with van der Waals surface area (Å²) in [6.07, 6.45) is 0. The Labute approximate surface area is 141 Å². The van der Waals surface area contributed by atoms with Gasteiger partial charge in [0.2, 0.25) is 0 Å². The summed E-state index contributed by atoms with van der Waals surface area (Å²) in [5.41, 5.74) is 3.78. The number of esters is 1. The van der Waals surface area contributed by atoms with E-state index in [4.69, 9.17) is 4.74 Å². The van der Waals surface area contributed by atoms with Crippen LogP contribution >= 0.6 is 0 Å². The van der Waals surface area contributed by atoms with E-state index in [1.165, 1.54) is 14.0 Å². The monoisotopic (exact) mass is 327 g/mol. The van der Waals surface area contributed by atoms with Crippen LogP contribution in [-0.4, -0.2) is 24.0 Å². The number of phenolic OH excluding ortho intramolecular Hbond substituents is 1. The average Bonchev–Trinajstić information content (AvgIpc) is 2.53. The molecule has 0 aliphatic heterocycles. The van der Waals surface area contributed by atoms with Crippen molar-refractivity contribution in [3.8, 4) is 5.75 Å². The molecule has 0 atom stereocenters. The Morgan fingerprint density at radius 1 is 1.00 bits per heavy atom. The number of carbonyl (C=O) groups excluding carboxylic acids is 2. The molecule has 5 heteroatoms. The van der Waals surface area contributed by atoms with Gasteiger partial charge >= 0.3 is 5.97 Å². The molecule has 0 unspecified atom stereocenters. The number of phenols is 1. The van der Waals surface area contributed by atoms with Crippen molar-refractivity contribution in [2.45, 2.75) is 27.7 Å². The molecule has 0 aliphatic rings. The molecule has 0 bridgehead atoms. The average molecular weight is 327 g/mol. The van der Waals surface area contributed by atoms with Crippen molar-refractivity contribution in [3.63, 3.8) is 0 Å². The highest BCUT2D eigenvalue weighted by atomic mass is 16.5. The number of anilines is 2. The number of carbonyl (C=O) groups is 2. The summed E-state index contributed by atoms with van der Waals surface area (Å²) in [6, 6.07) is 7.67. The van der Waals surface area contributed by atoms with E-state index < -0.39 is 5.97 Å². The highest BCUT2D eigenvalue weighted by molar-refractivity contribution is 6.08. The molecule has 0 heterocycles. The second kappa shape index (κ2) is 6.74. The quantitative estimate of drug-likeness (QED) is 0.654. The van der Waals surface area contributed by atoms with Crippen molar-refractivity contribution in [3.05, 3.63) is 52.1 Å².